The Hall–Kier alpha value is -1.34. The Morgan fingerprint density at radius 1 is 1.39 bits per heavy atom. The highest BCUT2D eigenvalue weighted by Crippen LogP contribution is 2.26. The first kappa shape index (κ1) is 13.1. The Bertz CT molecular complexity index is 656. The minimum Gasteiger partial charge on any atom is -0.280 e. The van der Waals surface area contributed by atoms with Crippen LogP contribution in [-0.2, 0) is 16.4 Å². The lowest BCUT2D eigenvalue weighted by Crippen LogP contribution is -2.13. The van der Waals surface area contributed by atoms with E-state index in [1.807, 2.05) is 13.8 Å². The summed E-state index contributed by atoms with van der Waals surface area (Å²) in [5, 5.41) is 6.70. The summed E-state index contributed by atoms with van der Waals surface area (Å²) in [6.45, 7) is 5.66. The van der Waals surface area contributed by atoms with Gasteiger partial charge in [0.2, 0.25) is 0 Å². The molecule has 0 bridgehead atoms. The summed E-state index contributed by atoms with van der Waals surface area (Å²) in [5.41, 5.74) is 0.894. The first-order valence-electron chi connectivity index (χ1n) is 5.56. The van der Waals surface area contributed by atoms with Gasteiger partial charge in [0.1, 0.15) is 4.90 Å². The Balaban J connectivity index is 2.29. The number of rotatable bonds is 4. The lowest BCUT2D eigenvalue weighted by Gasteiger charge is -2.03. The summed E-state index contributed by atoms with van der Waals surface area (Å²) >= 11 is 1.47. The Morgan fingerprint density at radius 2 is 2.11 bits per heavy atom. The molecule has 2 aromatic rings. The summed E-state index contributed by atoms with van der Waals surface area (Å²) in [5.74, 6) is 0.329. The molecule has 7 heteroatoms. The van der Waals surface area contributed by atoms with E-state index in [9.17, 15) is 8.42 Å². The zero-order valence-electron chi connectivity index (χ0n) is 10.4. The fraction of sp³-hybridized carbons (Fsp3) is 0.364. The lowest BCUT2D eigenvalue weighted by atomic mass is 10.3. The van der Waals surface area contributed by atoms with Crippen molar-refractivity contribution in [2.75, 3.05) is 4.72 Å². The van der Waals surface area contributed by atoms with Crippen molar-refractivity contribution in [1.29, 1.82) is 0 Å². The summed E-state index contributed by atoms with van der Waals surface area (Å²) in [4.78, 5) is 2.08. The molecule has 2 N–H and O–H groups in total. The topological polar surface area (TPSA) is 74.8 Å². The van der Waals surface area contributed by atoms with Crippen molar-refractivity contribution in [3.8, 4) is 0 Å². The number of aryl methyl sites for hydroxylation is 3. The van der Waals surface area contributed by atoms with E-state index in [4.69, 9.17) is 0 Å². The first-order chi connectivity index (χ1) is 8.42. The van der Waals surface area contributed by atoms with E-state index >= 15 is 0 Å². The van der Waals surface area contributed by atoms with Gasteiger partial charge >= 0.3 is 0 Å². The highest BCUT2D eigenvalue weighted by Gasteiger charge is 2.20. The average Bonchev–Trinajstić information content (AvgIpc) is 2.84. The zero-order valence-corrected chi connectivity index (χ0v) is 12.1. The molecule has 0 radical (unpaired) electrons. The molecule has 0 fully saturated rings. The van der Waals surface area contributed by atoms with Crippen LogP contribution in [0.3, 0.4) is 0 Å². The van der Waals surface area contributed by atoms with Gasteiger partial charge in [-0.25, -0.2) is 8.42 Å². The molecule has 0 atom stereocenters. The number of H-pyrrole nitrogens is 1. The SMILES string of the molecule is CCc1cc(NS(=O)(=O)c2cc(C)sc2C)n[nH]1. The van der Waals surface area contributed by atoms with Gasteiger partial charge in [0, 0.05) is 21.5 Å². The number of nitrogens with zero attached hydrogens (tertiary/aromatic N) is 1. The Labute approximate surface area is 110 Å². The molecule has 0 saturated heterocycles. The highest BCUT2D eigenvalue weighted by atomic mass is 32.2. The zero-order chi connectivity index (χ0) is 13.3. The molecule has 0 aliphatic carbocycles. The standard InChI is InChI=1S/C11H15N3O2S2/c1-4-9-6-11(13-12-9)14-18(15,16)10-5-7(2)17-8(10)3/h5-6H,4H2,1-3H3,(H2,12,13,14). The van der Waals surface area contributed by atoms with Crippen LogP contribution in [0, 0.1) is 13.8 Å². The second kappa shape index (κ2) is 4.74. The third kappa shape index (κ3) is 2.56. The maximum atomic E-state index is 12.2. The van der Waals surface area contributed by atoms with Gasteiger partial charge in [-0.2, -0.15) is 5.10 Å². The number of aromatic nitrogens is 2. The van der Waals surface area contributed by atoms with Gasteiger partial charge in [-0.3, -0.25) is 9.82 Å². The first-order valence-corrected chi connectivity index (χ1v) is 7.86. The van der Waals surface area contributed by atoms with Crippen LogP contribution < -0.4 is 4.72 Å². The van der Waals surface area contributed by atoms with Crippen molar-refractivity contribution >= 4 is 27.2 Å². The Kier molecular flexibility index (Phi) is 3.45. The molecule has 0 amide bonds. The molecule has 0 aliphatic rings. The highest BCUT2D eigenvalue weighted by molar-refractivity contribution is 7.93. The number of hydrogen-bond donors (Lipinski definition) is 2. The van der Waals surface area contributed by atoms with Gasteiger partial charge in [-0.1, -0.05) is 6.92 Å². The third-order valence-electron chi connectivity index (χ3n) is 2.54. The van der Waals surface area contributed by atoms with Crippen molar-refractivity contribution in [3.63, 3.8) is 0 Å². The fourth-order valence-corrected chi connectivity index (χ4v) is 4.21. The van der Waals surface area contributed by atoms with Gasteiger partial charge in [-0.15, -0.1) is 11.3 Å². The third-order valence-corrected chi connectivity index (χ3v) is 5.11. The van der Waals surface area contributed by atoms with Gasteiger partial charge in [-0.05, 0) is 26.3 Å². The van der Waals surface area contributed by atoms with Gasteiger partial charge in [0.25, 0.3) is 10.0 Å². The van der Waals surface area contributed by atoms with Crippen LogP contribution in [0.25, 0.3) is 0 Å². The maximum absolute atomic E-state index is 12.2. The summed E-state index contributed by atoms with van der Waals surface area (Å²) in [7, 11) is -3.54. The number of aromatic amines is 1. The van der Waals surface area contributed by atoms with E-state index < -0.39 is 10.0 Å². The second-order valence-electron chi connectivity index (χ2n) is 4.01. The molecule has 0 spiro atoms. The summed E-state index contributed by atoms with van der Waals surface area (Å²) in [6.07, 6.45) is 0.783. The van der Waals surface area contributed by atoms with Crippen molar-refractivity contribution < 1.29 is 8.42 Å². The molecule has 2 rings (SSSR count). The smallest absolute Gasteiger partial charge is 0.264 e. The molecular weight excluding hydrogens is 270 g/mol. The number of thiophene rings is 1. The summed E-state index contributed by atoms with van der Waals surface area (Å²) in [6, 6.07) is 3.38. The van der Waals surface area contributed by atoms with E-state index in [-0.39, 0.29) is 0 Å². The van der Waals surface area contributed by atoms with Crippen molar-refractivity contribution in [2.24, 2.45) is 0 Å². The van der Waals surface area contributed by atoms with Gasteiger partial charge in [0.05, 0.1) is 0 Å². The van der Waals surface area contributed by atoms with Crippen LogP contribution in [0.15, 0.2) is 17.0 Å². The molecule has 5 nitrogen and oxygen atoms in total. The largest absolute Gasteiger partial charge is 0.280 e. The van der Waals surface area contributed by atoms with E-state index in [0.717, 1.165) is 21.9 Å². The average molecular weight is 285 g/mol. The van der Waals surface area contributed by atoms with E-state index in [2.05, 4.69) is 14.9 Å². The second-order valence-corrected chi connectivity index (χ2v) is 7.13. The van der Waals surface area contributed by atoms with Crippen LogP contribution in [0.4, 0.5) is 5.82 Å². The number of hydrogen-bond acceptors (Lipinski definition) is 4. The van der Waals surface area contributed by atoms with Gasteiger partial charge < -0.3 is 0 Å². The minimum atomic E-state index is -3.54. The van der Waals surface area contributed by atoms with Crippen LogP contribution in [0.2, 0.25) is 0 Å². The van der Waals surface area contributed by atoms with Crippen LogP contribution in [-0.4, -0.2) is 18.6 Å². The lowest BCUT2D eigenvalue weighted by molar-refractivity contribution is 0.601. The van der Waals surface area contributed by atoms with E-state index in [1.54, 1.807) is 19.1 Å². The molecule has 0 saturated carbocycles. The molecule has 18 heavy (non-hydrogen) atoms. The van der Waals surface area contributed by atoms with Crippen LogP contribution in [0.5, 0.6) is 0 Å². The molecule has 98 valence electrons. The number of anilines is 1. The Morgan fingerprint density at radius 3 is 2.61 bits per heavy atom. The van der Waals surface area contributed by atoms with Crippen LogP contribution >= 0.6 is 11.3 Å². The van der Waals surface area contributed by atoms with Crippen LogP contribution in [0.1, 0.15) is 22.4 Å². The molecule has 0 aliphatic heterocycles. The number of sulfonamides is 1. The normalized spacial score (nSPS) is 11.7. The van der Waals surface area contributed by atoms with E-state index in [1.165, 1.54) is 11.3 Å². The van der Waals surface area contributed by atoms with Crippen molar-refractivity contribution in [1.82, 2.24) is 10.2 Å². The monoisotopic (exact) mass is 285 g/mol. The molecule has 0 aromatic carbocycles. The predicted octanol–water partition coefficient (Wildman–Crippen LogP) is 2.45. The fourth-order valence-electron chi connectivity index (χ4n) is 1.66. The molecule has 0 unspecified atom stereocenters. The number of nitrogens with one attached hydrogen (secondary N) is 2. The maximum Gasteiger partial charge on any atom is 0.264 e. The molecule has 2 aromatic heterocycles. The van der Waals surface area contributed by atoms with Crippen molar-refractivity contribution in [2.45, 2.75) is 32.1 Å². The van der Waals surface area contributed by atoms with E-state index in [0.29, 0.717) is 10.7 Å². The van der Waals surface area contributed by atoms with Crippen molar-refractivity contribution in [3.05, 3.63) is 27.6 Å². The quantitative estimate of drug-likeness (QED) is 0.906. The summed E-state index contributed by atoms with van der Waals surface area (Å²) < 4.78 is 26.8. The molecule has 2 heterocycles. The minimum absolute atomic E-state index is 0.325. The molecular formula is C11H15N3O2S2. The van der Waals surface area contributed by atoms with Gasteiger partial charge in [0.15, 0.2) is 5.82 Å². The predicted molar refractivity (Wildman–Crippen MR) is 72.6 cm³/mol.